The molecule has 2 aromatic heterocycles. The minimum Gasteiger partial charge on any atom is -0.398 e. The minimum absolute atomic E-state index is 0.703. The summed E-state index contributed by atoms with van der Waals surface area (Å²) in [5.74, 6) is 0. The Morgan fingerprint density at radius 2 is 2.31 bits per heavy atom. The van der Waals surface area contributed by atoms with Gasteiger partial charge in [-0.2, -0.15) is 0 Å². The van der Waals surface area contributed by atoms with Crippen molar-refractivity contribution < 1.29 is 0 Å². The number of aromatic nitrogens is 3. The highest BCUT2D eigenvalue weighted by molar-refractivity contribution is 5.71. The Hall–Kier alpha value is -1.84. The second kappa shape index (κ2) is 2.90. The van der Waals surface area contributed by atoms with Gasteiger partial charge in [-0.1, -0.05) is 0 Å². The molecule has 2 heterocycles. The van der Waals surface area contributed by atoms with E-state index in [1.165, 1.54) is 0 Å². The van der Waals surface area contributed by atoms with Crippen molar-refractivity contribution in [2.45, 2.75) is 0 Å². The number of nitrogen functional groups attached to an aromatic ring is 1. The summed E-state index contributed by atoms with van der Waals surface area (Å²) in [5.41, 5.74) is 8.21. The molecule has 0 aliphatic rings. The van der Waals surface area contributed by atoms with Gasteiger partial charge >= 0.3 is 0 Å². The number of anilines is 1. The first-order valence-corrected chi connectivity index (χ1v) is 3.95. The van der Waals surface area contributed by atoms with Crippen LogP contribution in [0.3, 0.4) is 0 Å². The van der Waals surface area contributed by atoms with Crippen LogP contribution in [0.15, 0.2) is 31.0 Å². The van der Waals surface area contributed by atoms with Crippen LogP contribution in [-0.2, 0) is 7.05 Å². The van der Waals surface area contributed by atoms with Crippen molar-refractivity contribution in [2.24, 2.45) is 7.05 Å². The number of hydrogen-bond donors (Lipinski definition) is 1. The molecule has 0 radical (unpaired) electrons. The molecule has 2 N–H and O–H groups in total. The van der Waals surface area contributed by atoms with Crippen molar-refractivity contribution >= 4 is 5.69 Å². The zero-order valence-corrected chi connectivity index (χ0v) is 7.31. The van der Waals surface area contributed by atoms with E-state index in [9.17, 15) is 0 Å². The third-order valence-corrected chi connectivity index (χ3v) is 1.84. The number of nitrogens with two attached hydrogens (primary N) is 1. The highest BCUT2D eigenvalue weighted by atomic mass is 15.0. The number of hydrogen-bond acceptors (Lipinski definition) is 3. The maximum absolute atomic E-state index is 5.77. The Balaban J connectivity index is 2.52. The fourth-order valence-corrected chi connectivity index (χ4v) is 1.17. The fourth-order valence-electron chi connectivity index (χ4n) is 1.17. The summed E-state index contributed by atoms with van der Waals surface area (Å²) in [4.78, 5) is 8.19. The monoisotopic (exact) mass is 174 g/mol. The average Bonchev–Trinajstić information content (AvgIpc) is 2.53. The van der Waals surface area contributed by atoms with E-state index in [1.54, 1.807) is 24.8 Å². The Kier molecular flexibility index (Phi) is 1.73. The van der Waals surface area contributed by atoms with Gasteiger partial charge in [0.15, 0.2) is 0 Å². The highest BCUT2D eigenvalue weighted by Gasteiger charge is 2.03. The Morgan fingerprint density at radius 1 is 1.46 bits per heavy atom. The maximum Gasteiger partial charge on any atom is 0.0951 e. The van der Waals surface area contributed by atoms with Crippen molar-refractivity contribution in [3.8, 4) is 11.3 Å². The maximum atomic E-state index is 5.77. The molecule has 13 heavy (non-hydrogen) atoms. The van der Waals surface area contributed by atoms with E-state index < -0.39 is 0 Å². The lowest BCUT2D eigenvalue weighted by molar-refractivity contribution is 0.913. The number of nitrogens with zero attached hydrogens (tertiary/aromatic N) is 3. The van der Waals surface area contributed by atoms with E-state index in [0.717, 1.165) is 11.3 Å². The van der Waals surface area contributed by atoms with Crippen LogP contribution in [-0.4, -0.2) is 14.5 Å². The van der Waals surface area contributed by atoms with Gasteiger partial charge in [0.25, 0.3) is 0 Å². The average molecular weight is 174 g/mol. The number of aryl methyl sites for hydroxylation is 1. The zero-order valence-electron chi connectivity index (χ0n) is 7.31. The van der Waals surface area contributed by atoms with Crippen LogP contribution in [0.5, 0.6) is 0 Å². The summed E-state index contributed by atoms with van der Waals surface area (Å²) >= 11 is 0. The molecule has 66 valence electrons. The van der Waals surface area contributed by atoms with Gasteiger partial charge in [-0.15, -0.1) is 0 Å². The van der Waals surface area contributed by atoms with E-state index in [-0.39, 0.29) is 0 Å². The smallest absolute Gasteiger partial charge is 0.0951 e. The predicted octanol–water partition coefficient (Wildman–Crippen LogP) is 1.06. The van der Waals surface area contributed by atoms with Crippen molar-refractivity contribution in [1.82, 2.24) is 14.5 Å². The van der Waals surface area contributed by atoms with Gasteiger partial charge in [0, 0.05) is 36.9 Å². The molecule has 2 aromatic rings. The molecule has 0 fully saturated rings. The van der Waals surface area contributed by atoms with Crippen LogP contribution in [0, 0.1) is 0 Å². The summed E-state index contributed by atoms with van der Waals surface area (Å²) in [5, 5.41) is 0. The SMILES string of the molecule is Cn1cnc(-c2cnccc2N)c1. The van der Waals surface area contributed by atoms with Crippen LogP contribution in [0.2, 0.25) is 0 Å². The molecule has 0 unspecified atom stereocenters. The molecule has 0 saturated carbocycles. The van der Waals surface area contributed by atoms with Crippen LogP contribution in [0.1, 0.15) is 0 Å². The second-order valence-corrected chi connectivity index (χ2v) is 2.89. The number of pyridine rings is 1. The Morgan fingerprint density at radius 3 is 2.92 bits per heavy atom. The van der Waals surface area contributed by atoms with E-state index in [0.29, 0.717) is 5.69 Å². The van der Waals surface area contributed by atoms with Crippen LogP contribution in [0.4, 0.5) is 5.69 Å². The lowest BCUT2D eigenvalue weighted by atomic mass is 10.2. The first-order valence-electron chi connectivity index (χ1n) is 3.95. The minimum atomic E-state index is 0.703. The molecular weight excluding hydrogens is 164 g/mol. The third kappa shape index (κ3) is 1.38. The number of rotatable bonds is 1. The lowest BCUT2D eigenvalue weighted by Gasteiger charge is -1.99. The van der Waals surface area contributed by atoms with Crippen molar-refractivity contribution in [3.63, 3.8) is 0 Å². The molecule has 4 nitrogen and oxygen atoms in total. The largest absolute Gasteiger partial charge is 0.398 e. The summed E-state index contributed by atoms with van der Waals surface area (Å²) in [7, 11) is 1.92. The Labute approximate surface area is 76.1 Å². The molecule has 0 aliphatic heterocycles. The quantitative estimate of drug-likeness (QED) is 0.703. The van der Waals surface area contributed by atoms with Crippen molar-refractivity contribution in [3.05, 3.63) is 31.0 Å². The normalized spacial score (nSPS) is 10.2. The van der Waals surface area contributed by atoms with Gasteiger partial charge < -0.3 is 10.3 Å². The summed E-state index contributed by atoms with van der Waals surface area (Å²) in [6.45, 7) is 0. The Bertz CT molecular complexity index is 419. The highest BCUT2D eigenvalue weighted by Crippen LogP contribution is 2.21. The molecule has 2 rings (SSSR count). The van der Waals surface area contributed by atoms with E-state index in [2.05, 4.69) is 9.97 Å². The van der Waals surface area contributed by atoms with E-state index in [4.69, 9.17) is 5.73 Å². The first-order chi connectivity index (χ1) is 6.27. The van der Waals surface area contributed by atoms with Gasteiger partial charge in [0.1, 0.15) is 0 Å². The molecule has 0 amide bonds. The predicted molar refractivity (Wildman–Crippen MR) is 50.9 cm³/mol. The molecule has 0 atom stereocenters. The first kappa shape index (κ1) is 7.79. The van der Waals surface area contributed by atoms with Crippen LogP contribution >= 0.6 is 0 Å². The van der Waals surface area contributed by atoms with E-state index >= 15 is 0 Å². The molecule has 4 heteroatoms. The van der Waals surface area contributed by atoms with Crippen LogP contribution < -0.4 is 5.73 Å². The molecule has 0 aromatic carbocycles. The molecule has 0 bridgehead atoms. The summed E-state index contributed by atoms with van der Waals surface area (Å²) < 4.78 is 1.88. The summed E-state index contributed by atoms with van der Waals surface area (Å²) in [6.07, 6.45) is 7.04. The van der Waals surface area contributed by atoms with Gasteiger partial charge in [-0.3, -0.25) is 4.98 Å². The summed E-state index contributed by atoms with van der Waals surface area (Å²) in [6, 6.07) is 1.77. The lowest BCUT2D eigenvalue weighted by Crippen LogP contribution is -1.90. The van der Waals surface area contributed by atoms with Crippen molar-refractivity contribution in [1.29, 1.82) is 0 Å². The second-order valence-electron chi connectivity index (χ2n) is 2.89. The fraction of sp³-hybridized carbons (Fsp3) is 0.111. The van der Waals surface area contributed by atoms with E-state index in [1.807, 2.05) is 17.8 Å². The van der Waals surface area contributed by atoms with Crippen LogP contribution in [0.25, 0.3) is 11.3 Å². The van der Waals surface area contributed by atoms with Gasteiger partial charge in [0.2, 0.25) is 0 Å². The number of imidazole rings is 1. The zero-order chi connectivity index (χ0) is 9.26. The molecule has 0 aliphatic carbocycles. The van der Waals surface area contributed by atoms with Gasteiger partial charge in [-0.25, -0.2) is 4.98 Å². The van der Waals surface area contributed by atoms with Gasteiger partial charge in [-0.05, 0) is 6.07 Å². The van der Waals surface area contributed by atoms with Crippen molar-refractivity contribution in [2.75, 3.05) is 5.73 Å². The molecule has 0 spiro atoms. The topological polar surface area (TPSA) is 56.7 Å². The molecule has 0 saturated heterocycles. The standard InChI is InChI=1S/C9H10N4/c1-13-5-9(12-6-13)7-4-11-3-2-8(7)10/h2-6H,1H3,(H2,10,11). The van der Waals surface area contributed by atoms with Gasteiger partial charge in [0.05, 0.1) is 12.0 Å². The third-order valence-electron chi connectivity index (χ3n) is 1.84. The molecular formula is C9H10N4.